The van der Waals surface area contributed by atoms with E-state index in [1.165, 1.54) is 7.11 Å². The van der Waals surface area contributed by atoms with Crippen molar-refractivity contribution in [2.24, 2.45) is 23.7 Å². The van der Waals surface area contributed by atoms with Crippen LogP contribution in [0.3, 0.4) is 0 Å². The zero-order valence-electron chi connectivity index (χ0n) is 14.0. The Balaban J connectivity index is 1.85. The van der Waals surface area contributed by atoms with Crippen molar-refractivity contribution in [3.8, 4) is 11.5 Å². The van der Waals surface area contributed by atoms with E-state index >= 15 is 0 Å². The monoisotopic (exact) mass is 333 g/mol. The van der Waals surface area contributed by atoms with Crippen LogP contribution in [-0.2, 0) is 9.59 Å². The van der Waals surface area contributed by atoms with Crippen LogP contribution in [0.4, 0.5) is 5.69 Å². The second-order valence-corrected chi connectivity index (χ2v) is 6.62. The minimum absolute atomic E-state index is 0.107. The minimum atomic E-state index is -0.859. The number of hydrogen-bond acceptors (Lipinski definition) is 4. The highest BCUT2D eigenvalue weighted by molar-refractivity contribution is 5.97. The lowest BCUT2D eigenvalue weighted by Crippen LogP contribution is -2.49. The van der Waals surface area contributed by atoms with E-state index in [9.17, 15) is 14.7 Å². The number of nitrogens with one attached hydrogen (secondary N) is 1. The number of methoxy groups -OCH3 is 2. The molecule has 2 N–H and O–H groups in total. The number of carbonyl (C=O) groups is 2. The lowest BCUT2D eigenvalue weighted by atomic mass is 9.58. The van der Waals surface area contributed by atoms with E-state index in [-0.39, 0.29) is 17.7 Å². The fraction of sp³-hybridized carbons (Fsp3) is 0.556. The summed E-state index contributed by atoms with van der Waals surface area (Å²) in [6, 6.07) is 5.15. The van der Waals surface area contributed by atoms with Crippen LogP contribution in [0, 0.1) is 23.7 Å². The molecule has 0 heterocycles. The van der Waals surface area contributed by atoms with Crippen LogP contribution in [-0.4, -0.2) is 31.2 Å². The number of carboxylic acid groups (broad SMARTS) is 1. The summed E-state index contributed by atoms with van der Waals surface area (Å²) in [5.41, 5.74) is 0.507. The van der Waals surface area contributed by atoms with Crippen LogP contribution >= 0.6 is 0 Å². The maximum absolute atomic E-state index is 12.9. The van der Waals surface area contributed by atoms with Crippen LogP contribution in [0.25, 0.3) is 0 Å². The highest BCUT2D eigenvalue weighted by Crippen LogP contribution is 2.49. The third kappa shape index (κ3) is 2.92. The summed E-state index contributed by atoms with van der Waals surface area (Å²) in [6.07, 6.45) is 3.69. The summed E-state index contributed by atoms with van der Waals surface area (Å²) in [5.74, 6) is -0.781. The van der Waals surface area contributed by atoms with Crippen molar-refractivity contribution in [3.05, 3.63) is 18.2 Å². The average Bonchev–Trinajstić information content (AvgIpc) is 2.61. The Bertz CT molecular complexity index is 636. The molecule has 0 radical (unpaired) electrons. The van der Waals surface area contributed by atoms with Crippen molar-refractivity contribution in [1.29, 1.82) is 0 Å². The molecule has 2 atom stereocenters. The van der Waals surface area contributed by atoms with Gasteiger partial charge in [0.25, 0.3) is 0 Å². The molecule has 4 rings (SSSR count). The summed E-state index contributed by atoms with van der Waals surface area (Å²) < 4.78 is 10.5. The fourth-order valence-corrected chi connectivity index (χ4v) is 4.31. The number of aliphatic carboxylic acids is 1. The van der Waals surface area contributed by atoms with Crippen LogP contribution in [0.15, 0.2) is 18.2 Å². The molecule has 0 unspecified atom stereocenters. The van der Waals surface area contributed by atoms with Crippen LogP contribution < -0.4 is 14.8 Å². The maximum Gasteiger partial charge on any atom is 0.307 e. The van der Waals surface area contributed by atoms with Crippen LogP contribution in [0.1, 0.15) is 25.7 Å². The van der Waals surface area contributed by atoms with Gasteiger partial charge in [-0.2, -0.15) is 0 Å². The molecule has 1 aromatic rings. The first-order valence-corrected chi connectivity index (χ1v) is 8.30. The van der Waals surface area contributed by atoms with Gasteiger partial charge in [-0.15, -0.1) is 0 Å². The molecule has 0 aromatic heterocycles. The van der Waals surface area contributed by atoms with Gasteiger partial charge in [-0.05, 0) is 49.7 Å². The Morgan fingerprint density at radius 1 is 1.04 bits per heavy atom. The van der Waals surface area contributed by atoms with E-state index in [0.717, 1.165) is 25.7 Å². The number of ether oxygens (including phenoxy) is 2. The van der Waals surface area contributed by atoms with Crippen molar-refractivity contribution in [1.82, 2.24) is 0 Å². The molecular weight excluding hydrogens is 310 g/mol. The largest absolute Gasteiger partial charge is 0.497 e. The van der Waals surface area contributed by atoms with Gasteiger partial charge in [0.05, 0.1) is 31.7 Å². The summed E-state index contributed by atoms with van der Waals surface area (Å²) in [6.45, 7) is 0. The van der Waals surface area contributed by atoms with E-state index < -0.39 is 17.8 Å². The first kappa shape index (κ1) is 16.6. The summed E-state index contributed by atoms with van der Waals surface area (Å²) >= 11 is 0. The second kappa shape index (κ2) is 6.71. The van der Waals surface area contributed by atoms with Gasteiger partial charge in [0.15, 0.2) is 0 Å². The molecule has 1 aromatic carbocycles. The van der Waals surface area contributed by atoms with Crippen LogP contribution in [0.5, 0.6) is 11.5 Å². The zero-order chi connectivity index (χ0) is 17.3. The Labute approximate surface area is 141 Å². The molecule has 3 aliphatic carbocycles. The molecule has 6 nitrogen and oxygen atoms in total. The SMILES string of the molecule is COc1ccc(OC)c(NC(=O)[C@@H]2C3CCC(CC3)[C@H]2C(=O)O)c1. The van der Waals surface area contributed by atoms with Crippen molar-refractivity contribution < 1.29 is 24.2 Å². The number of hydrogen-bond donors (Lipinski definition) is 2. The summed E-state index contributed by atoms with van der Waals surface area (Å²) in [4.78, 5) is 24.6. The second-order valence-electron chi connectivity index (χ2n) is 6.62. The number of fused-ring (bicyclic) bond motifs is 3. The van der Waals surface area contributed by atoms with Gasteiger partial charge in [0, 0.05) is 6.07 Å². The molecule has 3 saturated carbocycles. The van der Waals surface area contributed by atoms with Crippen molar-refractivity contribution in [2.45, 2.75) is 25.7 Å². The summed E-state index contributed by atoms with van der Waals surface area (Å²) in [7, 11) is 3.08. The van der Waals surface area contributed by atoms with Gasteiger partial charge in [-0.1, -0.05) is 0 Å². The number of amides is 1. The van der Waals surface area contributed by atoms with Gasteiger partial charge in [-0.25, -0.2) is 0 Å². The average molecular weight is 333 g/mol. The minimum Gasteiger partial charge on any atom is -0.497 e. The Morgan fingerprint density at radius 3 is 2.21 bits per heavy atom. The molecule has 1 amide bonds. The van der Waals surface area contributed by atoms with E-state index in [1.807, 2.05) is 0 Å². The van der Waals surface area contributed by atoms with Gasteiger partial charge < -0.3 is 19.9 Å². The van der Waals surface area contributed by atoms with E-state index in [4.69, 9.17) is 9.47 Å². The first-order chi connectivity index (χ1) is 11.5. The highest BCUT2D eigenvalue weighted by Gasteiger charge is 2.50. The van der Waals surface area contributed by atoms with Crippen molar-refractivity contribution >= 4 is 17.6 Å². The number of benzene rings is 1. The van der Waals surface area contributed by atoms with Crippen molar-refractivity contribution in [2.75, 3.05) is 19.5 Å². The lowest BCUT2D eigenvalue weighted by Gasteiger charge is -2.45. The number of carbonyl (C=O) groups excluding carboxylic acids is 1. The lowest BCUT2D eigenvalue weighted by molar-refractivity contribution is -0.156. The predicted octanol–water partition coefficient (Wildman–Crippen LogP) is 2.78. The maximum atomic E-state index is 12.9. The standard InChI is InChI=1S/C18H23NO5/c1-23-12-7-8-14(24-2)13(9-12)19-17(20)15-10-3-5-11(6-4-10)16(15)18(21)22/h7-11,15-16H,3-6H2,1-2H3,(H,19,20)(H,21,22)/t10?,11?,15-,16-/m1/s1. The van der Waals surface area contributed by atoms with E-state index in [0.29, 0.717) is 17.2 Å². The molecule has 24 heavy (non-hydrogen) atoms. The molecule has 2 bridgehead atoms. The first-order valence-electron chi connectivity index (χ1n) is 8.30. The van der Waals surface area contributed by atoms with Gasteiger partial charge >= 0.3 is 5.97 Å². The molecule has 0 saturated heterocycles. The third-order valence-corrected chi connectivity index (χ3v) is 5.47. The Morgan fingerprint density at radius 2 is 1.67 bits per heavy atom. The molecule has 6 heteroatoms. The number of rotatable bonds is 5. The highest BCUT2D eigenvalue weighted by atomic mass is 16.5. The summed E-state index contributed by atoms with van der Waals surface area (Å²) in [5, 5.41) is 12.5. The Kier molecular flexibility index (Phi) is 4.64. The fourth-order valence-electron chi connectivity index (χ4n) is 4.31. The van der Waals surface area contributed by atoms with E-state index in [2.05, 4.69) is 5.32 Å². The number of anilines is 1. The van der Waals surface area contributed by atoms with Crippen LogP contribution in [0.2, 0.25) is 0 Å². The zero-order valence-corrected chi connectivity index (χ0v) is 14.0. The smallest absolute Gasteiger partial charge is 0.307 e. The van der Waals surface area contributed by atoms with Gasteiger partial charge in [0.1, 0.15) is 11.5 Å². The van der Waals surface area contributed by atoms with E-state index in [1.54, 1.807) is 25.3 Å². The quantitative estimate of drug-likeness (QED) is 0.865. The van der Waals surface area contributed by atoms with Crippen molar-refractivity contribution in [3.63, 3.8) is 0 Å². The van der Waals surface area contributed by atoms with Gasteiger partial charge in [0.2, 0.25) is 5.91 Å². The molecule has 3 aliphatic rings. The molecule has 0 spiro atoms. The van der Waals surface area contributed by atoms with Gasteiger partial charge in [-0.3, -0.25) is 9.59 Å². The molecular formula is C18H23NO5. The number of carboxylic acids is 1. The topological polar surface area (TPSA) is 84.9 Å². The molecule has 0 aliphatic heterocycles. The molecule has 3 fully saturated rings. The third-order valence-electron chi connectivity index (χ3n) is 5.47. The normalized spacial score (nSPS) is 28.2. The predicted molar refractivity (Wildman–Crippen MR) is 88.2 cm³/mol. The Hall–Kier alpha value is -2.24. The molecule has 130 valence electrons.